The molecule has 4 aromatic rings. The lowest BCUT2D eigenvalue weighted by atomic mass is 9.96. The van der Waals surface area contributed by atoms with E-state index in [0.29, 0.717) is 5.39 Å². The van der Waals surface area contributed by atoms with Gasteiger partial charge >= 0.3 is 0 Å². The fourth-order valence-electron chi connectivity index (χ4n) is 3.42. The van der Waals surface area contributed by atoms with Crippen molar-refractivity contribution in [1.29, 1.82) is 0 Å². The Bertz CT molecular complexity index is 1250. The van der Waals surface area contributed by atoms with Gasteiger partial charge in [-0.3, -0.25) is 4.79 Å². The van der Waals surface area contributed by atoms with Crippen LogP contribution < -0.4 is 10.3 Å². The zero-order valence-electron chi connectivity index (χ0n) is 16.2. The third-order valence-electron chi connectivity index (χ3n) is 4.73. The van der Waals surface area contributed by atoms with Crippen molar-refractivity contribution in [3.63, 3.8) is 0 Å². The van der Waals surface area contributed by atoms with Gasteiger partial charge in [0.15, 0.2) is 0 Å². The van der Waals surface area contributed by atoms with Crippen molar-refractivity contribution in [2.75, 3.05) is 11.0 Å². The molecule has 148 valence electrons. The third kappa shape index (κ3) is 4.13. The van der Waals surface area contributed by atoms with Crippen molar-refractivity contribution in [3.8, 4) is 22.3 Å². The van der Waals surface area contributed by atoms with Gasteiger partial charge in [0.1, 0.15) is 11.0 Å². The van der Waals surface area contributed by atoms with Gasteiger partial charge in [-0.05, 0) is 46.3 Å². The van der Waals surface area contributed by atoms with E-state index in [0.717, 1.165) is 33.3 Å². The van der Waals surface area contributed by atoms with Crippen molar-refractivity contribution in [1.82, 2.24) is 4.57 Å². The summed E-state index contributed by atoms with van der Waals surface area (Å²) in [6.07, 6.45) is 3.46. The number of aryl methyl sites for hydroxylation is 1. The first-order chi connectivity index (χ1) is 13.5. The van der Waals surface area contributed by atoms with Gasteiger partial charge in [0.2, 0.25) is 0 Å². The largest absolute Gasteiger partial charge is 0.412 e. The normalized spacial score (nSPS) is 11.7. The second-order valence-electron chi connectivity index (χ2n) is 6.72. The molecule has 0 amide bonds. The number of hydrogen-bond donors (Lipinski definition) is 1. The Morgan fingerprint density at radius 1 is 0.828 bits per heavy atom. The van der Waals surface area contributed by atoms with Crippen molar-refractivity contribution in [2.24, 2.45) is 7.05 Å². The Morgan fingerprint density at radius 3 is 2.28 bits per heavy atom. The number of benzene rings is 3. The molecule has 0 saturated heterocycles. The van der Waals surface area contributed by atoms with E-state index in [-0.39, 0.29) is 11.0 Å². The molecule has 29 heavy (non-hydrogen) atoms. The number of fused-ring (bicyclic) bond motifs is 1. The molecule has 0 bridgehead atoms. The van der Waals surface area contributed by atoms with Crippen LogP contribution in [0.5, 0.6) is 0 Å². The topological polar surface area (TPSA) is 82.6 Å². The van der Waals surface area contributed by atoms with Crippen LogP contribution in [-0.2, 0) is 18.0 Å². The van der Waals surface area contributed by atoms with Gasteiger partial charge in [-0.15, -0.1) is 0 Å². The molecule has 1 unspecified atom stereocenters. The highest BCUT2D eigenvalue weighted by atomic mass is 32.2. The van der Waals surface area contributed by atoms with Gasteiger partial charge in [-0.2, -0.15) is 0 Å². The number of rotatable bonds is 4. The lowest BCUT2D eigenvalue weighted by molar-refractivity contribution is 0.690. The maximum Gasteiger partial charge on any atom is 0.258 e. The van der Waals surface area contributed by atoms with E-state index < -0.39 is 11.0 Å². The number of nitrogens with zero attached hydrogens (tertiary/aromatic N) is 1. The van der Waals surface area contributed by atoms with Crippen molar-refractivity contribution < 1.29 is 9.69 Å². The Hall–Kier alpha value is -3.22. The maximum atomic E-state index is 12.7. The highest BCUT2D eigenvalue weighted by molar-refractivity contribution is 7.85. The molecule has 0 saturated carbocycles. The molecule has 0 spiro atoms. The molecule has 6 heteroatoms. The van der Waals surface area contributed by atoms with E-state index in [9.17, 15) is 9.00 Å². The third-order valence-corrected chi connectivity index (χ3v) is 5.25. The zero-order chi connectivity index (χ0) is 19.7. The van der Waals surface area contributed by atoms with Gasteiger partial charge in [0.05, 0.1) is 0 Å². The summed E-state index contributed by atoms with van der Waals surface area (Å²) < 4.78 is 16.1. The molecule has 0 aliphatic heterocycles. The van der Waals surface area contributed by atoms with Crippen LogP contribution in [-0.4, -0.2) is 20.5 Å². The smallest absolute Gasteiger partial charge is 0.258 e. The predicted octanol–water partition coefficient (Wildman–Crippen LogP) is 3.75. The van der Waals surface area contributed by atoms with Gasteiger partial charge in [-0.1, -0.05) is 48.5 Å². The fraction of sp³-hybridized carbons (Fsp3) is 0.0870. The molecule has 0 radical (unpaired) electrons. The molecule has 1 atom stereocenters. The molecule has 0 aliphatic rings. The van der Waals surface area contributed by atoms with Crippen molar-refractivity contribution in [3.05, 3.63) is 89.3 Å². The quantitative estimate of drug-likeness (QED) is 0.560. The minimum Gasteiger partial charge on any atom is -0.412 e. The van der Waals surface area contributed by atoms with E-state index in [4.69, 9.17) is 0 Å². The summed E-state index contributed by atoms with van der Waals surface area (Å²) in [6, 6.07) is 23.8. The van der Waals surface area contributed by atoms with Gasteiger partial charge < -0.3 is 14.8 Å². The number of pyridine rings is 1. The van der Waals surface area contributed by atoms with Crippen LogP contribution in [0.2, 0.25) is 0 Å². The summed E-state index contributed by atoms with van der Waals surface area (Å²) >= 11 is 0. The van der Waals surface area contributed by atoms with Gasteiger partial charge in [-0.25, -0.2) is 4.21 Å². The molecule has 4 rings (SSSR count). The van der Waals surface area contributed by atoms with E-state index in [2.05, 4.69) is 22.9 Å². The van der Waals surface area contributed by atoms with E-state index in [1.54, 1.807) is 17.9 Å². The molecule has 1 heterocycles. The summed E-state index contributed by atoms with van der Waals surface area (Å²) in [7, 11) is 0.613. The summed E-state index contributed by atoms with van der Waals surface area (Å²) in [5.74, 6) is 0. The zero-order valence-corrected chi connectivity index (χ0v) is 17.0. The van der Waals surface area contributed by atoms with Crippen LogP contribution in [0.3, 0.4) is 0 Å². The summed E-state index contributed by atoms with van der Waals surface area (Å²) in [5, 5.41) is 1.58. The molecular formula is C23H22N2O3S. The summed E-state index contributed by atoms with van der Waals surface area (Å²) in [4.78, 5) is 12.7. The van der Waals surface area contributed by atoms with E-state index >= 15 is 0 Å². The first-order valence-corrected chi connectivity index (χ1v) is 10.5. The lowest BCUT2D eigenvalue weighted by Gasteiger charge is -2.13. The standard InChI is InChI=1S/C23H20N2O2S.H2O/c1-25-15-22(18-9-6-10-19(13-18)24-28(2)27)21-14-17(11-12-20(21)23(25)26)16-7-4-3-5-8-16;/h3-15,24H,1-2H3;1H2. The second kappa shape index (κ2) is 8.43. The Labute approximate surface area is 171 Å². The van der Waals surface area contributed by atoms with Crippen LogP contribution in [0.15, 0.2) is 83.8 Å². The first-order valence-electron chi connectivity index (χ1n) is 8.92. The Morgan fingerprint density at radius 2 is 1.55 bits per heavy atom. The maximum absolute atomic E-state index is 12.7. The van der Waals surface area contributed by atoms with E-state index in [1.807, 2.05) is 60.8 Å². The monoisotopic (exact) mass is 406 g/mol. The van der Waals surface area contributed by atoms with Crippen LogP contribution in [0.4, 0.5) is 5.69 Å². The van der Waals surface area contributed by atoms with Crippen LogP contribution in [0, 0.1) is 0 Å². The van der Waals surface area contributed by atoms with Crippen molar-refractivity contribution >= 4 is 27.4 Å². The average molecular weight is 407 g/mol. The molecule has 0 aliphatic carbocycles. The SMILES string of the molecule is Cn1cc(-c2cccc(NS(C)=O)c2)c2cc(-c3ccccc3)ccc2c1=O.O. The molecule has 3 aromatic carbocycles. The number of hydrogen-bond acceptors (Lipinski definition) is 2. The number of aromatic nitrogens is 1. The molecule has 5 nitrogen and oxygen atoms in total. The Kier molecular flexibility index (Phi) is 5.96. The van der Waals surface area contributed by atoms with Gasteiger partial charge in [0, 0.05) is 36.1 Å². The number of nitrogens with one attached hydrogen (secondary N) is 1. The molecule has 0 fully saturated rings. The summed E-state index contributed by atoms with van der Waals surface area (Å²) in [6.45, 7) is 0. The summed E-state index contributed by atoms with van der Waals surface area (Å²) in [5.41, 5.74) is 4.84. The van der Waals surface area contributed by atoms with Crippen LogP contribution in [0.1, 0.15) is 0 Å². The minimum absolute atomic E-state index is 0. The molecule has 3 N–H and O–H groups in total. The highest BCUT2D eigenvalue weighted by Crippen LogP contribution is 2.31. The Balaban J connectivity index is 0.00000240. The minimum atomic E-state index is -1.15. The number of anilines is 1. The van der Waals surface area contributed by atoms with E-state index in [1.165, 1.54) is 0 Å². The lowest BCUT2D eigenvalue weighted by Crippen LogP contribution is -2.16. The molecule has 1 aromatic heterocycles. The first kappa shape index (κ1) is 20.5. The predicted molar refractivity (Wildman–Crippen MR) is 121 cm³/mol. The molecular weight excluding hydrogens is 384 g/mol. The highest BCUT2D eigenvalue weighted by Gasteiger charge is 2.11. The van der Waals surface area contributed by atoms with Crippen LogP contribution in [0.25, 0.3) is 33.0 Å². The average Bonchev–Trinajstić information content (AvgIpc) is 2.70. The second-order valence-corrected chi connectivity index (χ2v) is 7.83. The fourth-order valence-corrected chi connectivity index (χ4v) is 3.88. The van der Waals surface area contributed by atoms with Crippen molar-refractivity contribution in [2.45, 2.75) is 0 Å². The van der Waals surface area contributed by atoms with Gasteiger partial charge in [0.25, 0.3) is 5.56 Å². The van der Waals surface area contributed by atoms with Crippen LogP contribution >= 0.6 is 0 Å².